The molecule has 0 radical (unpaired) electrons. The smallest absolute Gasteiger partial charge is 0.320 e. The van der Waals surface area contributed by atoms with Gasteiger partial charge in [0.25, 0.3) is 0 Å². The van der Waals surface area contributed by atoms with Crippen molar-refractivity contribution in [3.63, 3.8) is 0 Å². The summed E-state index contributed by atoms with van der Waals surface area (Å²) in [5.74, 6) is -1.81. The first-order valence-electron chi connectivity index (χ1n) is 6.04. The molecule has 1 aromatic heterocycles. The van der Waals surface area contributed by atoms with E-state index in [-0.39, 0.29) is 18.5 Å². The largest absolute Gasteiger partial charge is 0.508 e. The summed E-state index contributed by atoms with van der Waals surface area (Å²) in [4.78, 5) is 11.6. The van der Waals surface area contributed by atoms with Crippen molar-refractivity contribution in [1.29, 1.82) is 0 Å². The number of carbonyl (C=O) groups excluding carboxylic acids is 1. The number of nitrogens with one attached hydrogen (secondary N) is 2. The molecular formula is C12H13F2N5O2. The molecule has 2 aromatic rings. The highest BCUT2D eigenvalue weighted by molar-refractivity contribution is 5.88. The fourth-order valence-corrected chi connectivity index (χ4v) is 1.69. The van der Waals surface area contributed by atoms with Crippen molar-refractivity contribution in [3.8, 4) is 5.75 Å². The third-order valence-electron chi connectivity index (χ3n) is 2.74. The first-order valence-corrected chi connectivity index (χ1v) is 6.04. The number of phenols is 1. The summed E-state index contributed by atoms with van der Waals surface area (Å²) in [6.45, 7) is 0.0235. The van der Waals surface area contributed by atoms with Gasteiger partial charge in [-0.1, -0.05) is 5.21 Å². The average Bonchev–Trinajstić information content (AvgIpc) is 2.78. The molecule has 2 rings (SSSR count). The first kappa shape index (κ1) is 14.7. The van der Waals surface area contributed by atoms with Crippen LogP contribution in [0.2, 0.25) is 0 Å². The van der Waals surface area contributed by atoms with E-state index in [9.17, 15) is 13.6 Å². The molecule has 0 aliphatic heterocycles. The molecule has 1 aromatic carbocycles. The van der Waals surface area contributed by atoms with Crippen molar-refractivity contribution < 1.29 is 18.7 Å². The Labute approximate surface area is 118 Å². The number of hydrogen-bond donors (Lipinski definition) is 3. The van der Waals surface area contributed by atoms with Crippen LogP contribution in [-0.4, -0.2) is 32.7 Å². The van der Waals surface area contributed by atoms with Gasteiger partial charge in [-0.15, -0.1) is 5.10 Å². The normalized spacial score (nSPS) is 10.4. The molecule has 2 amide bonds. The van der Waals surface area contributed by atoms with Gasteiger partial charge in [-0.2, -0.15) is 0 Å². The summed E-state index contributed by atoms with van der Waals surface area (Å²) < 4.78 is 28.3. The Morgan fingerprint density at radius 2 is 2.05 bits per heavy atom. The third-order valence-corrected chi connectivity index (χ3v) is 2.74. The maximum Gasteiger partial charge on any atom is 0.320 e. The Morgan fingerprint density at radius 3 is 2.62 bits per heavy atom. The number of carbonyl (C=O) groups is 1. The van der Waals surface area contributed by atoms with Gasteiger partial charge in [0.1, 0.15) is 17.4 Å². The molecule has 3 N–H and O–H groups in total. The van der Waals surface area contributed by atoms with Crippen molar-refractivity contribution in [1.82, 2.24) is 20.3 Å². The number of rotatable bonds is 4. The Bertz CT molecular complexity index is 636. The second kappa shape index (κ2) is 6.16. The lowest BCUT2D eigenvalue weighted by Gasteiger charge is -2.08. The maximum absolute atomic E-state index is 13.4. The van der Waals surface area contributed by atoms with Crippen LogP contribution < -0.4 is 10.6 Å². The van der Waals surface area contributed by atoms with Gasteiger partial charge in [-0.25, -0.2) is 18.3 Å². The molecule has 1 heterocycles. The van der Waals surface area contributed by atoms with Gasteiger partial charge in [-0.05, 0) is 6.42 Å². The van der Waals surface area contributed by atoms with Crippen molar-refractivity contribution in [2.45, 2.75) is 6.42 Å². The van der Waals surface area contributed by atoms with Gasteiger partial charge in [0, 0.05) is 31.3 Å². The van der Waals surface area contributed by atoms with Gasteiger partial charge < -0.3 is 10.4 Å². The highest BCUT2D eigenvalue weighted by atomic mass is 19.1. The Morgan fingerprint density at radius 1 is 1.38 bits per heavy atom. The van der Waals surface area contributed by atoms with Crippen LogP contribution in [0.3, 0.4) is 0 Å². The molecule has 21 heavy (non-hydrogen) atoms. The van der Waals surface area contributed by atoms with Gasteiger partial charge in [-0.3, -0.25) is 5.32 Å². The summed E-state index contributed by atoms with van der Waals surface area (Å²) in [6, 6.07) is 1.10. The zero-order valence-electron chi connectivity index (χ0n) is 11.1. The molecule has 0 saturated carbocycles. The van der Waals surface area contributed by atoms with E-state index in [1.807, 2.05) is 0 Å². The molecule has 0 aliphatic rings. The number of phenolic OH excluding ortho intramolecular Hbond substituents is 1. The number of aromatic hydroxyl groups is 1. The number of aromatic nitrogens is 3. The van der Waals surface area contributed by atoms with Crippen LogP contribution in [-0.2, 0) is 13.5 Å². The number of halogens is 2. The molecule has 9 heteroatoms. The highest BCUT2D eigenvalue weighted by Crippen LogP contribution is 2.19. The molecule has 0 fully saturated rings. The summed E-state index contributed by atoms with van der Waals surface area (Å²) in [6.07, 6.45) is 1.31. The molecule has 112 valence electrons. The summed E-state index contributed by atoms with van der Waals surface area (Å²) in [7, 11) is 1.60. The SMILES string of the molecule is Cn1nncc1NC(=O)NCCc1c(F)cc(O)cc1F. The van der Waals surface area contributed by atoms with Crippen molar-refractivity contribution in [3.05, 3.63) is 35.5 Å². The van der Waals surface area contributed by atoms with Crippen molar-refractivity contribution >= 4 is 11.8 Å². The fourth-order valence-electron chi connectivity index (χ4n) is 1.69. The summed E-state index contributed by atoms with van der Waals surface area (Å²) in [5.41, 5.74) is -0.199. The number of urea groups is 1. The lowest BCUT2D eigenvalue weighted by atomic mass is 10.1. The number of aryl methyl sites for hydroxylation is 1. The Kier molecular flexibility index (Phi) is 4.31. The maximum atomic E-state index is 13.4. The molecule has 0 aliphatic carbocycles. The molecule has 0 saturated heterocycles. The predicted octanol–water partition coefficient (Wildman–Crippen LogP) is 1.16. The summed E-state index contributed by atoms with van der Waals surface area (Å²) >= 11 is 0. The van der Waals surface area contributed by atoms with E-state index in [4.69, 9.17) is 5.11 Å². The molecule has 0 unspecified atom stereocenters. The van der Waals surface area contributed by atoms with Crippen LogP contribution in [0.25, 0.3) is 0 Å². The van der Waals surface area contributed by atoms with Crippen LogP contribution in [0, 0.1) is 11.6 Å². The van der Waals surface area contributed by atoms with Crippen LogP contribution in [0.5, 0.6) is 5.75 Å². The standard InChI is InChI=1S/C12H13F2N5O2/c1-19-11(6-16-18-19)17-12(21)15-3-2-8-9(13)4-7(20)5-10(8)14/h4-6,20H,2-3H2,1H3,(H2,15,17,21). The monoisotopic (exact) mass is 297 g/mol. The average molecular weight is 297 g/mol. The number of hydrogen-bond acceptors (Lipinski definition) is 4. The minimum Gasteiger partial charge on any atom is -0.508 e. The number of benzene rings is 1. The first-order chi connectivity index (χ1) is 9.97. The third kappa shape index (κ3) is 3.65. The van der Waals surface area contributed by atoms with Crippen LogP contribution >= 0.6 is 0 Å². The highest BCUT2D eigenvalue weighted by Gasteiger charge is 2.11. The van der Waals surface area contributed by atoms with Gasteiger partial charge >= 0.3 is 6.03 Å². The second-order valence-electron chi connectivity index (χ2n) is 4.26. The minimum atomic E-state index is -0.856. The number of nitrogens with zero attached hydrogens (tertiary/aromatic N) is 3. The van der Waals surface area contributed by atoms with E-state index >= 15 is 0 Å². The quantitative estimate of drug-likeness (QED) is 0.789. The van der Waals surface area contributed by atoms with E-state index in [1.54, 1.807) is 7.05 Å². The van der Waals surface area contributed by atoms with Crippen LogP contribution in [0.1, 0.15) is 5.56 Å². The van der Waals surface area contributed by atoms with E-state index in [0.717, 1.165) is 12.1 Å². The lowest BCUT2D eigenvalue weighted by Crippen LogP contribution is -2.31. The zero-order valence-corrected chi connectivity index (χ0v) is 11.1. The van der Waals surface area contributed by atoms with E-state index < -0.39 is 23.4 Å². The van der Waals surface area contributed by atoms with Crippen molar-refractivity contribution in [2.24, 2.45) is 7.05 Å². The van der Waals surface area contributed by atoms with E-state index in [0.29, 0.717) is 5.82 Å². The molecule has 0 bridgehead atoms. The van der Waals surface area contributed by atoms with Crippen LogP contribution in [0.4, 0.5) is 19.4 Å². The topological polar surface area (TPSA) is 92.1 Å². The molecular weight excluding hydrogens is 284 g/mol. The predicted molar refractivity (Wildman–Crippen MR) is 69.8 cm³/mol. The van der Waals surface area contributed by atoms with Gasteiger partial charge in [0.15, 0.2) is 5.82 Å². The lowest BCUT2D eigenvalue weighted by molar-refractivity contribution is 0.252. The van der Waals surface area contributed by atoms with Gasteiger partial charge in [0.05, 0.1) is 6.20 Å². The fraction of sp³-hybridized carbons (Fsp3) is 0.250. The Hall–Kier alpha value is -2.71. The Balaban J connectivity index is 1.87. The minimum absolute atomic E-state index is 0.0235. The van der Waals surface area contributed by atoms with E-state index in [1.165, 1.54) is 10.9 Å². The van der Waals surface area contributed by atoms with E-state index in [2.05, 4.69) is 20.9 Å². The molecule has 0 atom stereocenters. The number of anilines is 1. The number of amides is 2. The second-order valence-corrected chi connectivity index (χ2v) is 4.26. The zero-order chi connectivity index (χ0) is 15.4. The van der Waals surface area contributed by atoms with Crippen molar-refractivity contribution in [2.75, 3.05) is 11.9 Å². The molecule has 0 spiro atoms. The van der Waals surface area contributed by atoms with Gasteiger partial charge in [0.2, 0.25) is 0 Å². The van der Waals surface area contributed by atoms with Crippen LogP contribution in [0.15, 0.2) is 18.3 Å². The summed E-state index contributed by atoms with van der Waals surface area (Å²) in [5, 5.41) is 21.2. The molecule has 7 nitrogen and oxygen atoms in total.